The molecule has 0 saturated heterocycles. The average molecular weight is 280 g/mol. The smallest absolute Gasteiger partial charge is 0.337 e. The Morgan fingerprint density at radius 2 is 2.24 bits per heavy atom. The van der Waals surface area contributed by atoms with Gasteiger partial charge in [-0.25, -0.2) is 4.79 Å². The predicted octanol–water partition coefficient (Wildman–Crippen LogP) is 3.50. The van der Waals surface area contributed by atoms with Crippen molar-refractivity contribution in [1.82, 2.24) is 0 Å². The molecule has 0 aliphatic heterocycles. The first-order valence-electron chi connectivity index (χ1n) is 6.54. The molecule has 0 N–H and O–H groups in total. The first-order valence-corrected chi connectivity index (χ1v) is 6.54. The minimum Gasteiger partial charge on any atom is -0.465 e. The van der Waals surface area contributed by atoms with Gasteiger partial charge in [-0.2, -0.15) is 0 Å². The Morgan fingerprint density at radius 1 is 1.43 bits per heavy atom. The molecule has 1 aromatic rings. The van der Waals surface area contributed by atoms with Gasteiger partial charge in [-0.15, -0.1) is 0 Å². The Balaban J connectivity index is 2.10. The molecule has 2 rings (SSSR count). The lowest BCUT2D eigenvalue weighted by molar-refractivity contribution is 0.0600. The van der Waals surface area contributed by atoms with Crippen LogP contribution in [0.1, 0.15) is 17.3 Å². The quantitative estimate of drug-likeness (QED) is 0.481. The number of methoxy groups -OCH3 is 1. The number of hydrogen-bond donors (Lipinski definition) is 0. The van der Waals surface area contributed by atoms with Crippen molar-refractivity contribution < 1.29 is 14.3 Å². The maximum Gasteiger partial charge on any atom is 0.337 e. The van der Waals surface area contributed by atoms with Crippen LogP contribution in [0.25, 0.3) is 0 Å². The summed E-state index contributed by atoms with van der Waals surface area (Å²) in [6.07, 6.45) is 5.59. The molecule has 1 atom stereocenters. The van der Waals surface area contributed by atoms with Crippen LogP contribution in [-0.4, -0.2) is 13.1 Å². The number of ether oxygens (including phenoxy) is 2. The fourth-order valence-electron chi connectivity index (χ4n) is 1.88. The number of hydrogen-bond acceptors (Lipinski definition) is 3. The molecule has 0 fully saturated rings. The maximum atomic E-state index is 11.5. The molecule has 106 valence electrons. The minimum absolute atomic E-state index is 0.150. The number of carbonyl (C=O) groups excluding carboxylic acids is 1. The Labute approximate surface area is 124 Å². The van der Waals surface area contributed by atoms with E-state index in [4.69, 9.17) is 4.74 Å². The summed E-state index contributed by atoms with van der Waals surface area (Å²) < 4.78 is 10.3. The van der Waals surface area contributed by atoms with Crippen LogP contribution in [0.5, 0.6) is 5.75 Å². The van der Waals surface area contributed by atoms with Crippen molar-refractivity contribution in [2.75, 3.05) is 7.11 Å². The van der Waals surface area contributed by atoms with Crippen molar-refractivity contribution in [3.63, 3.8) is 0 Å². The zero-order valence-corrected chi connectivity index (χ0v) is 12.1. The van der Waals surface area contributed by atoms with Crippen LogP contribution in [-0.2, 0) is 4.74 Å². The van der Waals surface area contributed by atoms with Gasteiger partial charge in [0.2, 0.25) is 0 Å². The van der Waals surface area contributed by atoms with E-state index in [2.05, 4.69) is 23.2 Å². The summed E-state index contributed by atoms with van der Waals surface area (Å²) >= 11 is 0. The molecular formula is C18H16O3. The molecule has 0 spiro atoms. The van der Waals surface area contributed by atoms with Gasteiger partial charge in [0.15, 0.2) is 0 Å². The second-order valence-corrected chi connectivity index (χ2v) is 4.58. The summed E-state index contributed by atoms with van der Waals surface area (Å²) in [5, 5.41) is 0. The third-order valence-corrected chi connectivity index (χ3v) is 2.99. The van der Waals surface area contributed by atoms with E-state index in [1.54, 1.807) is 30.3 Å². The standard InChI is InChI=1S/C18H16O3/c1-13-7-4-5-8-15(13)11-14(2)21-17-10-6-9-16(12-17)18(19)20-3/h5-6,8-13H,2H2,1,3H3/b15-11-/t13-/m0/s1. The molecular weight excluding hydrogens is 264 g/mol. The van der Waals surface area contributed by atoms with Crippen LogP contribution >= 0.6 is 0 Å². The van der Waals surface area contributed by atoms with Crippen LogP contribution in [0.2, 0.25) is 0 Å². The Kier molecular flexibility index (Phi) is 4.63. The average Bonchev–Trinajstić information content (AvgIpc) is 2.49. The molecule has 0 aromatic heterocycles. The van der Waals surface area contributed by atoms with Crippen molar-refractivity contribution in [1.29, 1.82) is 0 Å². The molecule has 0 saturated carbocycles. The normalized spacial score (nSPS) is 17.8. The summed E-state index contributed by atoms with van der Waals surface area (Å²) in [7, 11) is 1.34. The zero-order chi connectivity index (χ0) is 15.2. The third-order valence-electron chi connectivity index (χ3n) is 2.99. The van der Waals surface area contributed by atoms with Gasteiger partial charge in [-0.1, -0.05) is 24.5 Å². The summed E-state index contributed by atoms with van der Waals surface area (Å²) in [4.78, 5) is 11.5. The van der Waals surface area contributed by atoms with E-state index in [0.29, 0.717) is 17.1 Å². The zero-order valence-electron chi connectivity index (χ0n) is 12.1. The Hall–Kier alpha value is -2.73. The van der Waals surface area contributed by atoms with E-state index < -0.39 is 5.97 Å². The topological polar surface area (TPSA) is 35.5 Å². The highest BCUT2D eigenvalue weighted by atomic mass is 16.5. The van der Waals surface area contributed by atoms with Crippen LogP contribution in [0.15, 0.2) is 60.4 Å². The molecule has 0 amide bonds. The summed E-state index contributed by atoms with van der Waals surface area (Å²) in [6.45, 7) is 5.90. The molecule has 3 heteroatoms. The van der Waals surface area contributed by atoms with Gasteiger partial charge >= 0.3 is 5.97 Å². The number of carbonyl (C=O) groups is 1. The largest absolute Gasteiger partial charge is 0.465 e. The molecule has 3 nitrogen and oxygen atoms in total. The highest BCUT2D eigenvalue weighted by Gasteiger charge is 2.08. The number of esters is 1. The highest BCUT2D eigenvalue weighted by molar-refractivity contribution is 5.89. The molecule has 0 bridgehead atoms. The Bertz CT molecular complexity index is 684. The summed E-state index contributed by atoms with van der Waals surface area (Å²) in [5.41, 5.74) is 1.48. The number of benzene rings is 1. The van der Waals surface area contributed by atoms with Crippen molar-refractivity contribution in [3.8, 4) is 17.6 Å². The van der Waals surface area contributed by atoms with Gasteiger partial charge in [-0.05, 0) is 48.9 Å². The van der Waals surface area contributed by atoms with E-state index in [1.807, 2.05) is 19.1 Å². The lowest BCUT2D eigenvalue weighted by atomic mass is 9.98. The highest BCUT2D eigenvalue weighted by Crippen LogP contribution is 2.20. The molecule has 1 aliphatic rings. The van der Waals surface area contributed by atoms with Gasteiger partial charge in [0.1, 0.15) is 11.5 Å². The van der Waals surface area contributed by atoms with E-state index in [-0.39, 0.29) is 5.92 Å². The number of rotatable bonds is 4. The monoisotopic (exact) mass is 280 g/mol. The first kappa shape index (κ1) is 14.7. The van der Waals surface area contributed by atoms with Crippen LogP contribution < -0.4 is 4.74 Å². The van der Waals surface area contributed by atoms with Gasteiger partial charge in [0.05, 0.1) is 12.7 Å². The van der Waals surface area contributed by atoms with Gasteiger partial charge in [0, 0.05) is 5.92 Å². The van der Waals surface area contributed by atoms with Crippen molar-refractivity contribution in [2.24, 2.45) is 5.92 Å². The van der Waals surface area contributed by atoms with Gasteiger partial charge in [-0.3, -0.25) is 0 Å². The van der Waals surface area contributed by atoms with Gasteiger partial charge in [0.25, 0.3) is 0 Å². The van der Waals surface area contributed by atoms with Gasteiger partial charge < -0.3 is 9.47 Å². The lowest BCUT2D eigenvalue weighted by Gasteiger charge is -2.11. The van der Waals surface area contributed by atoms with Crippen LogP contribution in [0.3, 0.4) is 0 Å². The SMILES string of the molecule is C=C(/C=C1/C=CC#C[C@@H]1C)Oc1cccc(C(=O)OC)c1. The number of allylic oxidation sites excluding steroid dienone is 4. The summed E-state index contributed by atoms with van der Waals surface area (Å²) in [6, 6.07) is 6.78. The van der Waals surface area contributed by atoms with E-state index >= 15 is 0 Å². The fourth-order valence-corrected chi connectivity index (χ4v) is 1.88. The van der Waals surface area contributed by atoms with Crippen molar-refractivity contribution in [2.45, 2.75) is 6.92 Å². The summed E-state index contributed by atoms with van der Waals surface area (Å²) in [5.74, 6) is 6.77. The Morgan fingerprint density at radius 3 is 2.95 bits per heavy atom. The van der Waals surface area contributed by atoms with E-state index in [0.717, 1.165) is 5.57 Å². The second-order valence-electron chi connectivity index (χ2n) is 4.58. The molecule has 1 aromatic carbocycles. The lowest BCUT2D eigenvalue weighted by Crippen LogP contribution is -2.02. The molecule has 0 heterocycles. The van der Waals surface area contributed by atoms with E-state index in [1.165, 1.54) is 7.11 Å². The maximum absolute atomic E-state index is 11.5. The molecule has 21 heavy (non-hydrogen) atoms. The van der Waals surface area contributed by atoms with E-state index in [9.17, 15) is 4.79 Å². The molecule has 1 aliphatic carbocycles. The predicted molar refractivity (Wildman–Crippen MR) is 81.7 cm³/mol. The minimum atomic E-state index is -0.400. The molecule has 0 radical (unpaired) electrons. The van der Waals surface area contributed by atoms with Crippen molar-refractivity contribution in [3.05, 3.63) is 66.0 Å². The van der Waals surface area contributed by atoms with Crippen molar-refractivity contribution >= 4 is 5.97 Å². The first-order chi connectivity index (χ1) is 10.1. The molecule has 0 unspecified atom stereocenters. The third kappa shape index (κ3) is 3.87. The fraction of sp³-hybridized carbons (Fsp3) is 0.167. The van der Waals surface area contributed by atoms with Crippen LogP contribution in [0.4, 0.5) is 0 Å². The second kappa shape index (κ2) is 6.62. The van der Waals surface area contributed by atoms with Crippen LogP contribution in [0, 0.1) is 17.8 Å².